The van der Waals surface area contributed by atoms with Gasteiger partial charge in [0, 0.05) is 18.5 Å². The van der Waals surface area contributed by atoms with E-state index in [1.54, 1.807) is 6.07 Å². The summed E-state index contributed by atoms with van der Waals surface area (Å²) in [5, 5.41) is 4.52. The Hall–Kier alpha value is -1.26. The van der Waals surface area contributed by atoms with Crippen LogP contribution in [0.5, 0.6) is 0 Å². The molecule has 0 atom stereocenters. The molecule has 4 nitrogen and oxygen atoms in total. The van der Waals surface area contributed by atoms with Crippen LogP contribution in [0.15, 0.2) is 27.1 Å². The van der Waals surface area contributed by atoms with Crippen molar-refractivity contribution in [2.24, 2.45) is 0 Å². The van der Waals surface area contributed by atoms with Gasteiger partial charge in [0.05, 0.1) is 12.2 Å². The van der Waals surface area contributed by atoms with Gasteiger partial charge < -0.3 is 8.94 Å². The Bertz CT molecular complexity index is 531. The van der Waals surface area contributed by atoms with Crippen molar-refractivity contribution in [2.45, 2.75) is 31.8 Å². The average Bonchev–Trinajstić information content (AvgIpc) is 2.95. The van der Waals surface area contributed by atoms with Gasteiger partial charge in [0.2, 0.25) is 0 Å². The molecule has 0 aliphatic heterocycles. The molecule has 0 N–H and O–H groups in total. The van der Waals surface area contributed by atoms with Gasteiger partial charge in [-0.05, 0) is 43.6 Å². The predicted molar refractivity (Wildman–Crippen MR) is 67.4 cm³/mol. The molecule has 5 heteroatoms. The van der Waals surface area contributed by atoms with E-state index >= 15 is 0 Å². The molecule has 0 amide bonds. The van der Waals surface area contributed by atoms with E-state index in [2.05, 4.69) is 16.1 Å². The molecule has 0 aromatic carbocycles. The summed E-state index contributed by atoms with van der Waals surface area (Å²) in [5.74, 6) is 2.49. The molecule has 0 unspecified atom stereocenters. The summed E-state index contributed by atoms with van der Waals surface area (Å²) in [6, 6.07) is 5.70. The van der Waals surface area contributed by atoms with Gasteiger partial charge in [0.1, 0.15) is 11.5 Å². The SMILES string of the molecule is CN(Cc1cc(C2CC2)on1)Cc1ccc(Cl)o1. The van der Waals surface area contributed by atoms with Gasteiger partial charge in [-0.2, -0.15) is 0 Å². The third kappa shape index (κ3) is 2.76. The van der Waals surface area contributed by atoms with Crippen LogP contribution < -0.4 is 0 Å². The standard InChI is InChI=1S/C13H15ClN2O2/c1-16(8-11-4-5-13(14)17-11)7-10-6-12(18-15-10)9-2-3-9/h4-6,9H,2-3,7-8H2,1H3. The second kappa shape index (κ2) is 4.78. The van der Waals surface area contributed by atoms with Crippen molar-refractivity contribution in [2.75, 3.05) is 7.05 Å². The van der Waals surface area contributed by atoms with Crippen LogP contribution in [0.1, 0.15) is 36.0 Å². The third-order valence-corrected chi connectivity index (χ3v) is 3.25. The van der Waals surface area contributed by atoms with Crippen LogP contribution in [0.3, 0.4) is 0 Å². The first kappa shape index (κ1) is 11.8. The highest BCUT2D eigenvalue weighted by Gasteiger charge is 2.27. The highest BCUT2D eigenvalue weighted by Crippen LogP contribution is 2.40. The van der Waals surface area contributed by atoms with E-state index in [-0.39, 0.29) is 0 Å². The molecule has 1 fully saturated rings. The molecule has 2 aromatic rings. The molecule has 2 heterocycles. The highest BCUT2D eigenvalue weighted by atomic mass is 35.5. The molecule has 1 aliphatic rings. The Labute approximate surface area is 110 Å². The molecule has 1 saturated carbocycles. The van der Waals surface area contributed by atoms with E-state index in [0.29, 0.717) is 17.7 Å². The maximum Gasteiger partial charge on any atom is 0.193 e. The van der Waals surface area contributed by atoms with E-state index in [4.69, 9.17) is 20.5 Å². The average molecular weight is 267 g/mol. The van der Waals surface area contributed by atoms with Gasteiger partial charge in [-0.3, -0.25) is 4.90 Å². The largest absolute Gasteiger partial charge is 0.448 e. The quantitative estimate of drug-likeness (QED) is 0.831. The molecule has 3 rings (SSSR count). The van der Waals surface area contributed by atoms with Gasteiger partial charge in [-0.15, -0.1) is 0 Å². The minimum atomic E-state index is 0.427. The maximum absolute atomic E-state index is 5.74. The van der Waals surface area contributed by atoms with Crippen LogP contribution in [0, 0.1) is 0 Å². The Morgan fingerprint density at radius 3 is 2.89 bits per heavy atom. The lowest BCUT2D eigenvalue weighted by molar-refractivity contribution is 0.276. The fourth-order valence-corrected chi connectivity index (χ4v) is 2.16. The molecule has 96 valence electrons. The fraction of sp³-hybridized carbons (Fsp3) is 0.462. The molecule has 0 radical (unpaired) electrons. The van der Waals surface area contributed by atoms with Crippen LogP contribution in [0.2, 0.25) is 5.22 Å². The summed E-state index contributed by atoms with van der Waals surface area (Å²) >= 11 is 5.74. The van der Waals surface area contributed by atoms with Crippen LogP contribution in [0.25, 0.3) is 0 Å². The normalized spacial score (nSPS) is 15.5. The number of halogens is 1. The van der Waals surface area contributed by atoms with Crippen LogP contribution >= 0.6 is 11.6 Å². The molecule has 0 bridgehead atoms. The van der Waals surface area contributed by atoms with Crippen LogP contribution in [0.4, 0.5) is 0 Å². The van der Waals surface area contributed by atoms with Crippen molar-refractivity contribution in [3.63, 3.8) is 0 Å². The summed E-state index contributed by atoms with van der Waals surface area (Å²) in [6.45, 7) is 1.45. The van der Waals surface area contributed by atoms with Crippen molar-refractivity contribution < 1.29 is 8.94 Å². The third-order valence-electron chi connectivity index (χ3n) is 3.04. The Kier molecular flexibility index (Phi) is 3.14. The molecule has 2 aromatic heterocycles. The zero-order valence-corrected chi connectivity index (χ0v) is 11.0. The summed E-state index contributed by atoms with van der Waals surface area (Å²) in [5.41, 5.74) is 0.969. The Balaban J connectivity index is 1.57. The first-order chi connectivity index (χ1) is 8.70. The number of furan rings is 1. The topological polar surface area (TPSA) is 42.4 Å². The highest BCUT2D eigenvalue weighted by molar-refractivity contribution is 6.28. The smallest absolute Gasteiger partial charge is 0.193 e. The Morgan fingerprint density at radius 2 is 2.22 bits per heavy atom. The first-order valence-corrected chi connectivity index (χ1v) is 6.47. The Morgan fingerprint density at radius 1 is 1.39 bits per heavy atom. The first-order valence-electron chi connectivity index (χ1n) is 6.09. The molecule has 1 aliphatic carbocycles. The second-order valence-corrected chi connectivity index (χ2v) is 5.25. The number of nitrogens with zero attached hydrogens (tertiary/aromatic N) is 2. The number of hydrogen-bond donors (Lipinski definition) is 0. The van der Waals surface area contributed by atoms with Crippen molar-refractivity contribution in [3.05, 3.63) is 40.6 Å². The summed E-state index contributed by atoms with van der Waals surface area (Å²) in [7, 11) is 2.02. The maximum atomic E-state index is 5.74. The minimum absolute atomic E-state index is 0.427. The predicted octanol–water partition coefficient (Wildman–Crippen LogP) is 3.43. The van der Waals surface area contributed by atoms with Gasteiger partial charge in [-0.25, -0.2) is 0 Å². The zero-order chi connectivity index (χ0) is 12.5. The molecular weight excluding hydrogens is 252 g/mol. The van der Waals surface area contributed by atoms with Gasteiger partial charge >= 0.3 is 0 Å². The summed E-state index contributed by atoms with van der Waals surface area (Å²) in [4.78, 5) is 2.11. The second-order valence-electron chi connectivity index (χ2n) is 4.87. The molecule has 18 heavy (non-hydrogen) atoms. The van der Waals surface area contributed by atoms with E-state index < -0.39 is 0 Å². The molecule has 0 spiro atoms. The summed E-state index contributed by atoms with van der Waals surface area (Å²) in [6.07, 6.45) is 2.46. The molecule has 0 saturated heterocycles. The lowest BCUT2D eigenvalue weighted by Gasteiger charge is -2.12. The fourth-order valence-electron chi connectivity index (χ4n) is 2.00. The van der Waals surface area contributed by atoms with E-state index in [9.17, 15) is 0 Å². The monoisotopic (exact) mass is 266 g/mol. The lowest BCUT2D eigenvalue weighted by atomic mass is 10.3. The minimum Gasteiger partial charge on any atom is -0.448 e. The summed E-state index contributed by atoms with van der Waals surface area (Å²) < 4.78 is 10.6. The van der Waals surface area contributed by atoms with Crippen molar-refractivity contribution in [1.82, 2.24) is 10.1 Å². The van der Waals surface area contributed by atoms with Gasteiger partial charge in [0.25, 0.3) is 0 Å². The van der Waals surface area contributed by atoms with E-state index in [1.165, 1.54) is 12.8 Å². The van der Waals surface area contributed by atoms with E-state index in [0.717, 1.165) is 23.8 Å². The number of rotatable bonds is 5. The van der Waals surface area contributed by atoms with Gasteiger partial charge in [-0.1, -0.05) is 5.16 Å². The van der Waals surface area contributed by atoms with Gasteiger partial charge in [0.15, 0.2) is 5.22 Å². The lowest BCUT2D eigenvalue weighted by Crippen LogP contribution is -2.16. The zero-order valence-electron chi connectivity index (χ0n) is 10.2. The van der Waals surface area contributed by atoms with Crippen LogP contribution in [-0.2, 0) is 13.1 Å². The van der Waals surface area contributed by atoms with Crippen molar-refractivity contribution in [1.29, 1.82) is 0 Å². The van der Waals surface area contributed by atoms with Crippen molar-refractivity contribution >= 4 is 11.6 Å². The van der Waals surface area contributed by atoms with E-state index in [1.807, 2.05) is 13.1 Å². The van der Waals surface area contributed by atoms with Crippen molar-refractivity contribution in [3.8, 4) is 0 Å². The number of aromatic nitrogens is 1. The molecular formula is C13H15ClN2O2. The number of hydrogen-bond acceptors (Lipinski definition) is 4. The van der Waals surface area contributed by atoms with Crippen LogP contribution in [-0.4, -0.2) is 17.1 Å².